The van der Waals surface area contributed by atoms with Crippen LogP contribution < -0.4 is 20.1 Å². The quantitative estimate of drug-likeness (QED) is 0.658. The molecular weight excluding hydrogens is 410 g/mol. The third-order valence-electron chi connectivity index (χ3n) is 7.64. The predicted molar refractivity (Wildman–Crippen MR) is 118 cm³/mol. The highest BCUT2D eigenvalue weighted by Gasteiger charge is 2.50. The molecule has 1 aromatic carbocycles. The number of ether oxygens (including phenoxy) is 2. The molecule has 0 aromatic heterocycles. The number of nitrogens with one attached hydrogen (secondary N) is 2. The molecule has 0 bridgehead atoms. The van der Waals surface area contributed by atoms with E-state index in [-0.39, 0.29) is 25.3 Å². The van der Waals surface area contributed by atoms with Gasteiger partial charge >= 0.3 is 6.03 Å². The summed E-state index contributed by atoms with van der Waals surface area (Å²) >= 11 is 0. The fourth-order valence-corrected chi connectivity index (χ4v) is 4.97. The van der Waals surface area contributed by atoms with Crippen molar-refractivity contribution in [1.29, 1.82) is 0 Å². The molecule has 2 N–H and O–H groups in total. The predicted octanol–water partition coefficient (Wildman–Crippen LogP) is 3.29. The second-order valence-corrected chi connectivity index (χ2v) is 9.97. The van der Waals surface area contributed by atoms with Crippen LogP contribution in [0.1, 0.15) is 65.4 Å². The van der Waals surface area contributed by atoms with E-state index >= 15 is 0 Å². The monoisotopic (exact) mass is 443 g/mol. The summed E-state index contributed by atoms with van der Waals surface area (Å²) in [6.07, 6.45) is 5.15. The van der Waals surface area contributed by atoms with Gasteiger partial charge < -0.3 is 20.1 Å². The van der Waals surface area contributed by atoms with Crippen LogP contribution in [0.2, 0.25) is 0 Å². The maximum absolute atomic E-state index is 13.1. The van der Waals surface area contributed by atoms with Crippen molar-refractivity contribution in [2.75, 3.05) is 13.3 Å². The second-order valence-electron chi connectivity index (χ2n) is 9.97. The van der Waals surface area contributed by atoms with Crippen molar-refractivity contribution >= 4 is 17.8 Å². The number of nitrogens with zero attached hydrogens (tertiary/aromatic N) is 1. The summed E-state index contributed by atoms with van der Waals surface area (Å²) in [5.74, 6) is 1.03. The van der Waals surface area contributed by atoms with Crippen molar-refractivity contribution < 1.29 is 23.9 Å². The van der Waals surface area contributed by atoms with Crippen LogP contribution in [0.5, 0.6) is 11.5 Å². The van der Waals surface area contributed by atoms with Crippen LogP contribution in [0.3, 0.4) is 0 Å². The zero-order valence-electron chi connectivity index (χ0n) is 19.3. The van der Waals surface area contributed by atoms with Gasteiger partial charge in [0.25, 0.3) is 5.91 Å². The van der Waals surface area contributed by atoms with Crippen molar-refractivity contribution in [1.82, 2.24) is 15.5 Å². The van der Waals surface area contributed by atoms with Crippen molar-refractivity contribution in [2.24, 2.45) is 11.3 Å². The van der Waals surface area contributed by atoms with E-state index in [0.29, 0.717) is 28.4 Å². The molecule has 4 amide bonds. The minimum atomic E-state index is -1.26. The second kappa shape index (κ2) is 8.30. The largest absolute Gasteiger partial charge is 0.454 e. The molecule has 4 rings (SSSR count). The molecule has 1 saturated heterocycles. The molecular formula is C24H33N3O5. The van der Waals surface area contributed by atoms with Gasteiger partial charge in [-0.2, -0.15) is 0 Å². The number of carbonyl (C=O) groups is 3. The zero-order valence-corrected chi connectivity index (χ0v) is 19.3. The SMILES string of the molecule is CCC(C)(C)C1CCC(NC(=O)CN2C(=O)N[C@@](C)(c3ccc4c(c3)OCO4)C2=O)CC1. The van der Waals surface area contributed by atoms with Gasteiger partial charge in [0.2, 0.25) is 12.7 Å². The molecule has 32 heavy (non-hydrogen) atoms. The number of fused-ring (bicyclic) bond motifs is 1. The molecule has 1 atom stereocenters. The molecule has 1 aliphatic carbocycles. The first-order valence-electron chi connectivity index (χ1n) is 11.5. The first-order valence-corrected chi connectivity index (χ1v) is 11.5. The van der Waals surface area contributed by atoms with Crippen LogP contribution in [0.15, 0.2) is 18.2 Å². The summed E-state index contributed by atoms with van der Waals surface area (Å²) in [5.41, 5.74) is -0.365. The van der Waals surface area contributed by atoms with Crippen molar-refractivity contribution in [3.63, 3.8) is 0 Å². The van der Waals surface area contributed by atoms with E-state index in [1.807, 2.05) is 0 Å². The number of imide groups is 1. The number of urea groups is 1. The fourth-order valence-electron chi connectivity index (χ4n) is 4.97. The van der Waals surface area contributed by atoms with E-state index in [0.717, 1.165) is 37.0 Å². The van der Waals surface area contributed by atoms with Crippen LogP contribution in [-0.4, -0.2) is 42.1 Å². The number of benzene rings is 1. The van der Waals surface area contributed by atoms with E-state index in [2.05, 4.69) is 31.4 Å². The highest BCUT2D eigenvalue weighted by atomic mass is 16.7. The molecule has 1 aromatic rings. The molecule has 174 valence electrons. The highest BCUT2D eigenvalue weighted by Crippen LogP contribution is 2.40. The first kappa shape index (κ1) is 22.4. The average Bonchev–Trinajstić information content (AvgIpc) is 3.32. The lowest BCUT2D eigenvalue weighted by atomic mass is 9.69. The molecule has 0 radical (unpaired) electrons. The lowest BCUT2D eigenvalue weighted by molar-refractivity contribution is -0.135. The van der Waals surface area contributed by atoms with E-state index < -0.39 is 17.5 Å². The van der Waals surface area contributed by atoms with Gasteiger partial charge in [-0.25, -0.2) is 4.79 Å². The summed E-state index contributed by atoms with van der Waals surface area (Å²) in [5, 5.41) is 5.77. The summed E-state index contributed by atoms with van der Waals surface area (Å²) in [7, 11) is 0. The van der Waals surface area contributed by atoms with Gasteiger partial charge in [-0.3, -0.25) is 14.5 Å². The summed E-state index contributed by atoms with van der Waals surface area (Å²) in [4.78, 5) is 39.4. The first-order chi connectivity index (χ1) is 15.1. The van der Waals surface area contributed by atoms with Gasteiger partial charge in [-0.1, -0.05) is 33.3 Å². The Labute approximate surface area is 189 Å². The number of carbonyl (C=O) groups excluding carboxylic acids is 3. The van der Waals surface area contributed by atoms with Gasteiger partial charge in [0, 0.05) is 6.04 Å². The third-order valence-corrected chi connectivity index (χ3v) is 7.64. The minimum Gasteiger partial charge on any atom is -0.454 e. The highest BCUT2D eigenvalue weighted by molar-refractivity contribution is 6.09. The van der Waals surface area contributed by atoms with Crippen molar-refractivity contribution in [3.05, 3.63) is 23.8 Å². The van der Waals surface area contributed by atoms with E-state index in [4.69, 9.17) is 9.47 Å². The van der Waals surface area contributed by atoms with E-state index in [9.17, 15) is 14.4 Å². The molecule has 2 heterocycles. The minimum absolute atomic E-state index is 0.0902. The van der Waals surface area contributed by atoms with Crippen LogP contribution >= 0.6 is 0 Å². The molecule has 0 spiro atoms. The maximum Gasteiger partial charge on any atom is 0.325 e. The smallest absolute Gasteiger partial charge is 0.325 e. The number of hydrogen-bond donors (Lipinski definition) is 2. The Kier molecular flexibility index (Phi) is 5.81. The van der Waals surface area contributed by atoms with Crippen LogP contribution in [0.25, 0.3) is 0 Å². The fraction of sp³-hybridized carbons (Fsp3) is 0.625. The van der Waals surface area contributed by atoms with Gasteiger partial charge in [0.05, 0.1) is 0 Å². The lowest BCUT2D eigenvalue weighted by Gasteiger charge is -2.39. The zero-order chi connectivity index (χ0) is 23.1. The maximum atomic E-state index is 13.1. The molecule has 2 aliphatic heterocycles. The Bertz CT molecular complexity index is 922. The molecule has 0 unspecified atom stereocenters. The number of rotatable bonds is 6. The molecule has 3 aliphatic rings. The molecule has 8 heteroatoms. The summed E-state index contributed by atoms with van der Waals surface area (Å²) in [6.45, 7) is 8.32. The molecule has 2 fully saturated rings. The Hall–Kier alpha value is -2.77. The van der Waals surface area contributed by atoms with Gasteiger partial charge in [0.1, 0.15) is 12.1 Å². The molecule has 8 nitrogen and oxygen atoms in total. The third kappa shape index (κ3) is 4.02. The Morgan fingerprint density at radius 2 is 1.88 bits per heavy atom. The van der Waals surface area contributed by atoms with Gasteiger partial charge in [0.15, 0.2) is 11.5 Å². The molecule has 1 saturated carbocycles. The van der Waals surface area contributed by atoms with Crippen molar-refractivity contribution in [3.8, 4) is 11.5 Å². The van der Waals surface area contributed by atoms with E-state index in [1.165, 1.54) is 0 Å². The standard InChI is InChI=1S/C24H33N3O5/c1-5-23(2,3)15-6-9-17(10-7-15)25-20(28)13-27-21(29)24(4,26-22(27)30)16-8-11-18-19(12-16)32-14-31-18/h8,11-12,15,17H,5-7,9-10,13-14H2,1-4H3,(H,25,28)(H,26,30)/t15?,17?,24-/m0/s1. The summed E-state index contributed by atoms with van der Waals surface area (Å²) in [6, 6.07) is 4.66. The lowest BCUT2D eigenvalue weighted by Crippen LogP contribution is -2.46. The number of hydrogen-bond acceptors (Lipinski definition) is 5. The van der Waals surface area contributed by atoms with Crippen LogP contribution in [0.4, 0.5) is 4.79 Å². The normalized spacial score (nSPS) is 27.4. The Balaban J connectivity index is 1.36. The van der Waals surface area contributed by atoms with Crippen LogP contribution in [-0.2, 0) is 15.1 Å². The van der Waals surface area contributed by atoms with Crippen molar-refractivity contribution in [2.45, 2.75) is 71.4 Å². The average molecular weight is 444 g/mol. The van der Waals surface area contributed by atoms with Crippen LogP contribution in [0, 0.1) is 11.3 Å². The van der Waals surface area contributed by atoms with E-state index in [1.54, 1.807) is 25.1 Å². The summed E-state index contributed by atoms with van der Waals surface area (Å²) < 4.78 is 10.7. The Morgan fingerprint density at radius 1 is 1.19 bits per heavy atom. The number of amides is 4. The topological polar surface area (TPSA) is 97.0 Å². The Morgan fingerprint density at radius 3 is 2.56 bits per heavy atom. The van der Waals surface area contributed by atoms with Gasteiger partial charge in [-0.15, -0.1) is 0 Å². The van der Waals surface area contributed by atoms with Gasteiger partial charge in [-0.05, 0) is 61.6 Å².